The molecule has 0 N–H and O–H groups in total. The number of hydrogen-bond donors (Lipinski definition) is 0. The number of rotatable bonds is 0. The first-order chi connectivity index (χ1) is 18.3. The Kier molecular flexibility index (Phi) is 6.78. The predicted molar refractivity (Wildman–Crippen MR) is 174 cm³/mol. The molecule has 0 saturated carbocycles. The topological polar surface area (TPSA) is 41.2 Å². The lowest BCUT2D eigenvalue weighted by Crippen LogP contribution is -2.00. The van der Waals surface area contributed by atoms with Gasteiger partial charge in [0.2, 0.25) is 20.1 Å². The van der Waals surface area contributed by atoms with Gasteiger partial charge in [-0.25, -0.2) is 19.4 Å². The van der Waals surface area contributed by atoms with Crippen molar-refractivity contribution in [3.05, 3.63) is 75.6 Å². The molecule has 38 heavy (non-hydrogen) atoms. The van der Waals surface area contributed by atoms with E-state index in [1.807, 2.05) is 6.92 Å². The number of nitrogens with zero attached hydrogens (tertiary/aromatic N) is 5. The molecule has 0 amide bonds. The van der Waals surface area contributed by atoms with Crippen LogP contribution < -0.4 is 0 Å². The molecule has 0 bridgehead atoms. The Morgan fingerprint density at radius 1 is 0.500 bits per heavy atom. The summed E-state index contributed by atoms with van der Waals surface area (Å²) >= 11 is 19.7. The third-order valence-corrected chi connectivity index (χ3v) is 25.0. The molecule has 5 nitrogen and oxygen atoms in total. The molecule has 6 aliphatic heterocycles. The van der Waals surface area contributed by atoms with Crippen molar-refractivity contribution in [1.29, 1.82) is 5.26 Å². The highest BCUT2D eigenvalue weighted by molar-refractivity contribution is 8.54. The molecule has 6 aliphatic rings. The van der Waals surface area contributed by atoms with Crippen LogP contribution in [0.1, 0.15) is 6.92 Å². The van der Waals surface area contributed by atoms with E-state index in [1.54, 1.807) is 94.1 Å². The summed E-state index contributed by atoms with van der Waals surface area (Å²) in [5.41, 5.74) is 0. The van der Waals surface area contributed by atoms with E-state index in [4.69, 9.17) is 26.3 Å². The van der Waals surface area contributed by atoms with Gasteiger partial charge in [-0.1, -0.05) is 82.3 Å². The summed E-state index contributed by atoms with van der Waals surface area (Å²) in [4.78, 5) is 23.3. The van der Waals surface area contributed by atoms with E-state index in [2.05, 4.69) is 25.4 Å². The molecule has 1 aromatic carbocycles. The molecule has 6 heterocycles. The van der Waals surface area contributed by atoms with Crippen molar-refractivity contribution >= 4 is 141 Å². The van der Waals surface area contributed by atoms with E-state index >= 15 is 0 Å². The fraction of sp³-hybridized carbons (Fsp3) is 0.190. The molecular weight excluding hydrogens is 707 g/mol. The molecule has 7 rings (SSSR count). The zero-order valence-electron chi connectivity index (χ0n) is 18.1. The molecule has 0 aromatic heterocycles. The lowest BCUT2D eigenvalue weighted by Gasteiger charge is -2.21. The van der Waals surface area contributed by atoms with Crippen LogP contribution in [0.5, 0.6) is 0 Å². The van der Waals surface area contributed by atoms with Gasteiger partial charge in [-0.3, -0.25) is 0 Å². The fourth-order valence-corrected chi connectivity index (χ4v) is 25.1. The van der Waals surface area contributed by atoms with Crippen LogP contribution in [-0.4, -0.2) is 8.23 Å². The summed E-state index contributed by atoms with van der Waals surface area (Å²) in [6.07, 6.45) is 0. The van der Waals surface area contributed by atoms with Gasteiger partial charge in [0.05, 0.1) is 32.4 Å². The van der Waals surface area contributed by atoms with Crippen molar-refractivity contribution < 1.29 is 0 Å². The Labute approximate surface area is 269 Å². The van der Waals surface area contributed by atoms with Crippen LogP contribution in [0.3, 0.4) is 0 Å². The first kappa shape index (κ1) is 27.0. The van der Waals surface area contributed by atoms with E-state index < -0.39 is 5.49 Å². The van der Waals surface area contributed by atoms with Crippen molar-refractivity contribution in [2.75, 3.05) is 0 Å². The Balaban J connectivity index is 1.33. The number of fused-ring (bicyclic) bond motifs is 6. The second-order valence-electron chi connectivity index (χ2n) is 7.36. The standard InChI is InChI=1S/C21H3N5S12/c1-7-15(23-2)35-19(27-7)29-9-10(30-19)13-14(34-21(33-13)37-17(25-4)18(26-5)38-21)12-11(9)31-20(32-12)28-8(6-22)16(24-3)36-20/h1H3. The Morgan fingerprint density at radius 3 is 1.18 bits per heavy atom. The highest BCUT2D eigenvalue weighted by Gasteiger charge is 2.58. The highest BCUT2D eigenvalue weighted by Crippen LogP contribution is 2.84. The second-order valence-corrected chi connectivity index (χ2v) is 26.8. The molecule has 2 atom stereocenters. The molecule has 17 heteroatoms. The first-order valence-corrected chi connectivity index (χ1v) is 19.7. The number of nitriles is 1. The predicted octanol–water partition coefficient (Wildman–Crippen LogP) is 11.2. The lowest BCUT2D eigenvalue weighted by molar-refractivity contribution is 0.892. The lowest BCUT2D eigenvalue weighted by atomic mass is 10.3. The summed E-state index contributed by atoms with van der Waals surface area (Å²) in [7, 11) is 0. The van der Waals surface area contributed by atoms with Gasteiger partial charge < -0.3 is 0 Å². The monoisotopic (exact) mass is 709 g/mol. The number of allylic oxidation sites excluding steroid dienone is 2. The molecule has 0 fully saturated rings. The number of thioether (sulfide) groups is 12. The number of benzene rings is 1. The Hall–Kier alpha value is 0.0900. The fourth-order valence-electron chi connectivity index (χ4n) is 3.77. The molecule has 3 spiro atoms. The van der Waals surface area contributed by atoms with Crippen LogP contribution in [0, 0.1) is 37.6 Å². The molecule has 2 unspecified atom stereocenters. The third-order valence-electron chi connectivity index (χ3n) is 5.18. The van der Waals surface area contributed by atoms with E-state index in [0.717, 1.165) is 19.7 Å². The van der Waals surface area contributed by atoms with Gasteiger partial charge in [0, 0.05) is 29.4 Å². The van der Waals surface area contributed by atoms with E-state index in [1.165, 1.54) is 66.6 Å². The maximum atomic E-state index is 9.67. The molecular formula is C21H3N5S12. The second kappa shape index (κ2) is 9.56. The minimum atomic E-state index is -0.471. The minimum absolute atomic E-state index is 0.303. The Bertz CT molecular complexity index is 1570. The quantitative estimate of drug-likeness (QED) is 0.240. The summed E-state index contributed by atoms with van der Waals surface area (Å²) in [6.45, 7) is 32.4. The van der Waals surface area contributed by atoms with Crippen molar-refractivity contribution in [3.8, 4) is 6.07 Å². The van der Waals surface area contributed by atoms with Gasteiger partial charge in [-0.15, -0.1) is 58.8 Å². The van der Waals surface area contributed by atoms with Gasteiger partial charge in [0.1, 0.15) is 7.65 Å². The normalized spacial score (nSPS) is 29.5. The molecule has 1 aromatic rings. The van der Waals surface area contributed by atoms with Gasteiger partial charge in [-0.2, -0.15) is 5.26 Å². The van der Waals surface area contributed by atoms with Crippen LogP contribution in [0.15, 0.2) is 59.3 Å². The van der Waals surface area contributed by atoms with Crippen molar-refractivity contribution in [2.24, 2.45) is 0 Å². The van der Waals surface area contributed by atoms with E-state index in [9.17, 15) is 5.26 Å². The SMILES string of the molecule is [C-]#[N+]C1=C(C)SC2(S1)Sc1c(c3c(c4c1SC1(SC(C#N)=C([N+]#[C-])S1)S4)SC1(SC([N+]#[C-])=C([N+]#[C-])S1)S3)S2. The highest BCUT2D eigenvalue weighted by atomic mass is 32.3. The smallest absolute Gasteiger partial charge is 0.242 e. The molecule has 0 radical (unpaired) electrons. The molecule has 0 aliphatic carbocycles. The zero-order chi connectivity index (χ0) is 26.4. The summed E-state index contributed by atoms with van der Waals surface area (Å²) in [5.74, 6) is 0. The maximum Gasteiger partial charge on any atom is 0.247 e. The molecule has 0 saturated heterocycles. The van der Waals surface area contributed by atoms with E-state index in [-0.39, 0.29) is 2.74 Å². The first-order valence-electron chi connectivity index (χ1n) is 9.91. The van der Waals surface area contributed by atoms with Gasteiger partial charge in [-0.05, 0) is 11.8 Å². The van der Waals surface area contributed by atoms with E-state index in [0.29, 0.717) is 20.0 Å². The zero-order valence-corrected chi connectivity index (χ0v) is 27.9. The van der Waals surface area contributed by atoms with Crippen LogP contribution in [0.2, 0.25) is 0 Å². The van der Waals surface area contributed by atoms with Crippen molar-refractivity contribution in [3.63, 3.8) is 0 Å². The molecule has 184 valence electrons. The van der Waals surface area contributed by atoms with Crippen LogP contribution in [0.4, 0.5) is 0 Å². The van der Waals surface area contributed by atoms with Crippen LogP contribution in [0.25, 0.3) is 19.4 Å². The minimum Gasteiger partial charge on any atom is -0.242 e. The third kappa shape index (κ3) is 3.95. The van der Waals surface area contributed by atoms with Crippen LogP contribution in [-0.2, 0) is 0 Å². The average Bonchev–Trinajstić information content (AvgIpc) is 3.73. The average molecular weight is 710 g/mol. The summed E-state index contributed by atoms with van der Waals surface area (Å²) in [5, 5.41) is 11.8. The Morgan fingerprint density at radius 2 is 0.842 bits per heavy atom. The summed E-state index contributed by atoms with van der Waals surface area (Å²) in [6, 6.07) is 2.22. The van der Waals surface area contributed by atoms with Gasteiger partial charge >= 0.3 is 0 Å². The van der Waals surface area contributed by atoms with Gasteiger partial charge in [0.15, 0.2) is 5.49 Å². The van der Waals surface area contributed by atoms with Crippen LogP contribution >= 0.6 is 141 Å². The van der Waals surface area contributed by atoms with Gasteiger partial charge in [0.25, 0.3) is 0 Å². The van der Waals surface area contributed by atoms with Crippen molar-refractivity contribution in [2.45, 2.75) is 44.5 Å². The summed E-state index contributed by atoms with van der Waals surface area (Å²) < 4.78 is -1.24. The maximum absolute atomic E-state index is 9.67. The largest absolute Gasteiger partial charge is 0.247 e. The number of hydrogen-bond acceptors (Lipinski definition) is 13. The van der Waals surface area contributed by atoms with Crippen molar-refractivity contribution in [1.82, 2.24) is 0 Å².